The van der Waals surface area contributed by atoms with Crippen LogP contribution in [0.3, 0.4) is 0 Å². The van der Waals surface area contributed by atoms with Crippen molar-refractivity contribution in [2.45, 2.75) is 25.3 Å². The van der Waals surface area contributed by atoms with Crippen LogP contribution in [0, 0.1) is 5.92 Å². The molecule has 2 nitrogen and oxygen atoms in total. The smallest absolute Gasteiger partial charge is 0.129 e. The lowest BCUT2D eigenvalue weighted by molar-refractivity contribution is 0.470. The first-order chi connectivity index (χ1) is 7.84. The maximum atomic E-state index is 5.82. The Labute approximate surface area is 101 Å². The largest absolute Gasteiger partial charge is 0.310 e. The molecule has 1 saturated heterocycles. The number of hydrogen-bond acceptors (Lipinski definition) is 2. The molecule has 2 heterocycles. The maximum absolute atomic E-state index is 5.82. The standard InChI is InChI=1S/C13H15ClN2/c14-12-5-4-10(8-16-12)11-3-1-2-9-6-7-15-13(9)11/h3-5,8-9,13,15H,1-2,6-7H2/t9-,13+/m1/s1. The minimum atomic E-state index is 0.539. The molecular weight excluding hydrogens is 220 g/mol. The molecule has 0 aromatic carbocycles. The van der Waals surface area contributed by atoms with Crippen LogP contribution in [0.25, 0.3) is 5.57 Å². The van der Waals surface area contributed by atoms with Crippen LogP contribution in [0.2, 0.25) is 5.15 Å². The average molecular weight is 235 g/mol. The summed E-state index contributed by atoms with van der Waals surface area (Å²) in [7, 11) is 0. The van der Waals surface area contributed by atoms with E-state index in [0.717, 1.165) is 12.5 Å². The van der Waals surface area contributed by atoms with Crippen LogP contribution in [0.1, 0.15) is 24.8 Å². The number of halogens is 1. The minimum Gasteiger partial charge on any atom is -0.310 e. The lowest BCUT2D eigenvalue weighted by atomic mass is 9.82. The normalized spacial score (nSPS) is 28.7. The van der Waals surface area contributed by atoms with Gasteiger partial charge in [0, 0.05) is 12.2 Å². The molecule has 0 radical (unpaired) electrons. The minimum absolute atomic E-state index is 0.539. The summed E-state index contributed by atoms with van der Waals surface area (Å²) in [6.07, 6.45) is 8.06. The van der Waals surface area contributed by atoms with E-state index >= 15 is 0 Å². The van der Waals surface area contributed by atoms with Crippen LogP contribution in [0.5, 0.6) is 0 Å². The first kappa shape index (κ1) is 10.3. The zero-order chi connectivity index (χ0) is 11.0. The van der Waals surface area contributed by atoms with Gasteiger partial charge in [0.15, 0.2) is 0 Å². The van der Waals surface area contributed by atoms with Crippen LogP contribution < -0.4 is 5.32 Å². The summed E-state index contributed by atoms with van der Waals surface area (Å²) in [5, 5.41) is 4.16. The summed E-state index contributed by atoms with van der Waals surface area (Å²) in [4.78, 5) is 4.17. The molecule has 2 aliphatic rings. The van der Waals surface area contributed by atoms with Gasteiger partial charge in [-0.3, -0.25) is 0 Å². The van der Waals surface area contributed by atoms with E-state index in [2.05, 4.69) is 22.4 Å². The van der Waals surface area contributed by atoms with Gasteiger partial charge in [-0.05, 0) is 48.9 Å². The van der Waals surface area contributed by atoms with Gasteiger partial charge in [0.25, 0.3) is 0 Å². The monoisotopic (exact) mass is 234 g/mol. The predicted molar refractivity (Wildman–Crippen MR) is 66.4 cm³/mol. The van der Waals surface area contributed by atoms with E-state index in [1.54, 1.807) is 0 Å². The highest BCUT2D eigenvalue weighted by molar-refractivity contribution is 6.29. The van der Waals surface area contributed by atoms with E-state index in [9.17, 15) is 0 Å². The molecule has 0 bridgehead atoms. The van der Waals surface area contributed by atoms with Crippen molar-refractivity contribution in [3.63, 3.8) is 0 Å². The third kappa shape index (κ3) is 1.76. The number of nitrogens with zero attached hydrogens (tertiary/aromatic N) is 1. The van der Waals surface area contributed by atoms with Gasteiger partial charge >= 0.3 is 0 Å². The van der Waals surface area contributed by atoms with Gasteiger partial charge in [-0.1, -0.05) is 23.7 Å². The number of hydrogen-bond donors (Lipinski definition) is 1. The molecule has 0 saturated carbocycles. The van der Waals surface area contributed by atoms with E-state index in [1.807, 2.05) is 12.3 Å². The fourth-order valence-electron chi connectivity index (χ4n) is 2.86. The number of rotatable bonds is 1. The predicted octanol–water partition coefficient (Wildman–Crippen LogP) is 2.89. The van der Waals surface area contributed by atoms with Gasteiger partial charge in [0.1, 0.15) is 5.15 Å². The highest BCUT2D eigenvalue weighted by Crippen LogP contribution is 2.35. The molecule has 1 aromatic rings. The van der Waals surface area contributed by atoms with E-state index in [-0.39, 0.29) is 0 Å². The lowest BCUT2D eigenvalue weighted by Crippen LogP contribution is -2.30. The average Bonchev–Trinajstić information content (AvgIpc) is 2.78. The second-order valence-electron chi connectivity index (χ2n) is 4.59. The fraction of sp³-hybridized carbons (Fsp3) is 0.462. The molecule has 1 aliphatic carbocycles. The van der Waals surface area contributed by atoms with Crippen molar-refractivity contribution >= 4 is 17.2 Å². The zero-order valence-corrected chi connectivity index (χ0v) is 9.87. The summed E-state index contributed by atoms with van der Waals surface area (Å²) in [6.45, 7) is 1.15. The Kier molecular flexibility index (Phi) is 2.70. The van der Waals surface area contributed by atoms with Crippen LogP contribution in [-0.2, 0) is 0 Å². The van der Waals surface area contributed by atoms with Crippen molar-refractivity contribution in [3.8, 4) is 0 Å². The molecule has 1 aromatic heterocycles. The van der Waals surface area contributed by atoms with Crippen molar-refractivity contribution in [2.24, 2.45) is 5.92 Å². The van der Waals surface area contributed by atoms with Gasteiger partial charge in [-0.25, -0.2) is 4.98 Å². The van der Waals surface area contributed by atoms with Crippen LogP contribution in [-0.4, -0.2) is 17.6 Å². The van der Waals surface area contributed by atoms with Gasteiger partial charge in [0.2, 0.25) is 0 Å². The summed E-state index contributed by atoms with van der Waals surface area (Å²) >= 11 is 5.82. The van der Waals surface area contributed by atoms with E-state index in [1.165, 1.54) is 30.4 Å². The summed E-state index contributed by atoms with van der Waals surface area (Å²) in [6, 6.07) is 4.48. The van der Waals surface area contributed by atoms with Crippen LogP contribution in [0.4, 0.5) is 0 Å². The van der Waals surface area contributed by atoms with E-state index in [0.29, 0.717) is 11.2 Å². The highest BCUT2D eigenvalue weighted by Gasteiger charge is 2.32. The second-order valence-corrected chi connectivity index (χ2v) is 4.97. The number of aromatic nitrogens is 1. The molecule has 1 aliphatic heterocycles. The lowest BCUT2D eigenvalue weighted by Gasteiger charge is -2.26. The molecule has 16 heavy (non-hydrogen) atoms. The van der Waals surface area contributed by atoms with Crippen LogP contribution in [0.15, 0.2) is 24.4 Å². The number of allylic oxidation sites excluding steroid dienone is 1. The molecular formula is C13H15ClN2. The third-order valence-corrected chi connectivity index (χ3v) is 3.87. The van der Waals surface area contributed by atoms with Gasteiger partial charge in [-0.2, -0.15) is 0 Å². The van der Waals surface area contributed by atoms with Crippen LogP contribution >= 0.6 is 11.6 Å². The quantitative estimate of drug-likeness (QED) is 0.756. The zero-order valence-electron chi connectivity index (χ0n) is 9.12. The molecule has 1 N–H and O–H groups in total. The number of fused-ring (bicyclic) bond motifs is 1. The molecule has 0 unspecified atom stereocenters. The Morgan fingerprint density at radius 2 is 2.25 bits per heavy atom. The second kappa shape index (κ2) is 4.19. The van der Waals surface area contributed by atoms with Crippen molar-refractivity contribution in [3.05, 3.63) is 35.1 Å². The fourth-order valence-corrected chi connectivity index (χ4v) is 2.97. The maximum Gasteiger partial charge on any atom is 0.129 e. The first-order valence-electron chi connectivity index (χ1n) is 5.90. The van der Waals surface area contributed by atoms with Crippen molar-refractivity contribution in [2.75, 3.05) is 6.54 Å². The molecule has 1 fully saturated rings. The Balaban J connectivity index is 1.93. The van der Waals surface area contributed by atoms with Gasteiger partial charge in [0.05, 0.1) is 0 Å². The number of pyridine rings is 1. The topological polar surface area (TPSA) is 24.9 Å². The number of nitrogens with one attached hydrogen (secondary N) is 1. The molecule has 3 heteroatoms. The first-order valence-corrected chi connectivity index (χ1v) is 6.28. The summed E-state index contributed by atoms with van der Waals surface area (Å²) < 4.78 is 0. The highest BCUT2D eigenvalue weighted by atomic mass is 35.5. The molecule has 3 rings (SSSR count). The Hall–Kier alpha value is -0.860. The Morgan fingerprint density at radius 3 is 3.06 bits per heavy atom. The van der Waals surface area contributed by atoms with Gasteiger partial charge in [-0.15, -0.1) is 0 Å². The molecule has 2 atom stereocenters. The summed E-state index contributed by atoms with van der Waals surface area (Å²) in [5.41, 5.74) is 2.63. The third-order valence-electron chi connectivity index (χ3n) is 3.65. The Bertz CT molecular complexity index is 410. The SMILES string of the molecule is Clc1ccc(C2=CCC[C@@H]3CCN[C@H]23)cn1. The Morgan fingerprint density at radius 1 is 1.31 bits per heavy atom. The van der Waals surface area contributed by atoms with Crippen molar-refractivity contribution < 1.29 is 0 Å². The summed E-state index contributed by atoms with van der Waals surface area (Å²) in [5.74, 6) is 0.815. The molecule has 0 spiro atoms. The van der Waals surface area contributed by atoms with Crippen molar-refractivity contribution in [1.82, 2.24) is 10.3 Å². The van der Waals surface area contributed by atoms with Crippen molar-refractivity contribution in [1.29, 1.82) is 0 Å². The van der Waals surface area contributed by atoms with E-state index in [4.69, 9.17) is 11.6 Å². The molecule has 84 valence electrons. The molecule has 0 amide bonds. The van der Waals surface area contributed by atoms with Gasteiger partial charge < -0.3 is 5.32 Å². The van der Waals surface area contributed by atoms with E-state index < -0.39 is 0 Å².